The number of rotatable bonds is 5. The Kier molecular flexibility index (Phi) is 8.59. The second-order valence-corrected chi connectivity index (χ2v) is 5.70. The summed E-state index contributed by atoms with van der Waals surface area (Å²) in [7, 11) is 0. The molecule has 0 aliphatic heterocycles. The molecule has 1 aromatic heterocycles. The number of aliphatic imine (C=N–C) groups is 1. The van der Waals surface area contributed by atoms with E-state index in [4.69, 9.17) is 5.73 Å². The lowest BCUT2D eigenvalue weighted by atomic mass is 10.1. The van der Waals surface area contributed by atoms with Crippen LogP contribution in [0.5, 0.6) is 0 Å². The largest absolute Gasteiger partial charge is 0.370 e. The topological polar surface area (TPSA) is 50.4 Å². The monoisotopic (exact) mass is 367 g/mol. The van der Waals surface area contributed by atoms with Crippen LogP contribution >= 0.6 is 35.3 Å². The van der Waals surface area contributed by atoms with E-state index in [9.17, 15) is 0 Å². The van der Waals surface area contributed by atoms with Crippen molar-refractivity contribution >= 4 is 41.3 Å². The van der Waals surface area contributed by atoms with Crippen LogP contribution in [0.3, 0.4) is 0 Å². The van der Waals surface area contributed by atoms with E-state index in [1.165, 1.54) is 9.75 Å². The number of nitrogens with one attached hydrogen (secondary N) is 1. The van der Waals surface area contributed by atoms with E-state index in [0.717, 1.165) is 13.0 Å². The van der Waals surface area contributed by atoms with Crippen molar-refractivity contribution in [1.82, 2.24) is 5.32 Å². The number of nitrogens with two attached hydrogens (primary N) is 1. The van der Waals surface area contributed by atoms with E-state index >= 15 is 0 Å². The van der Waals surface area contributed by atoms with Gasteiger partial charge < -0.3 is 11.1 Å². The average Bonchev–Trinajstić information content (AvgIpc) is 2.61. The van der Waals surface area contributed by atoms with Gasteiger partial charge in [-0.25, -0.2) is 4.99 Å². The number of guanidine groups is 1. The Labute approximate surface area is 125 Å². The van der Waals surface area contributed by atoms with Crippen LogP contribution in [0.2, 0.25) is 0 Å². The lowest BCUT2D eigenvalue weighted by molar-refractivity contribution is 0.576. The van der Waals surface area contributed by atoms with Gasteiger partial charge in [-0.15, -0.1) is 35.3 Å². The molecule has 98 valence electrons. The Morgan fingerprint density at radius 1 is 1.47 bits per heavy atom. The van der Waals surface area contributed by atoms with Gasteiger partial charge in [0.2, 0.25) is 0 Å². The van der Waals surface area contributed by atoms with E-state index in [-0.39, 0.29) is 24.0 Å². The maximum absolute atomic E-state index is 5.76. The second kappa shape index (κ2) is 8.74. The first kappa shape index (κ1) is 16.7. The molecule has 1 heterocycles. The average molecular weight is 367 g/mol. The minimum atomic E-state index is 0. The summed E-state index contributed by atoms with van der Waals surface area (Å²) in [6.45, 7) is 8.07. The van der Waals surface area contributed by atoms with Crippen molar-refractivity contribution in [2.24, 2.45) is 16.6 Å². The van der Waals surface area contributed by atoms with Crippen molar-refractivity contribution in [3.63, 3.8) is 0 Å². The molecule has 0 aromatic carbocycles. The fourth-order valence-electron chi connectivity index (χ4n) is 1.28. The molecule has 1 aromatic rings. The fourth-order valence-corrected chi connectivity index (χ4v) is 2.09. The Morgan fingerprint density at radius 2 is 2.18 bits per heavy atom. The summed E-state index contributed by atoms with van der Waals surface area (Å²) in [5.41, 5.74) is 5.76. The van der Waals surface area contributed by atoms with Crippen LogP contribution in [0.4, 0.5) is 0 Å². The number of halogens is 1. The smallest absolute Gasteiger partial charge is 0.188 e. The van der Waals surface area contributed by atoms with E-state index in [1.807, 2.05) is 0 Å². The summed E-state index contributed by atoms with van der Waals surface area (Å²) in [5.74, 6) is 1.24. The van der Waals surface area contributed by atoms with Gasteiger partial charge >= 0.3 is 0 Å². The highest BCUT2D eigenvalue weighted by Crippen LogP contribution is 2.15. The SMILES string of the molecule is Cc1ccc(CN=C(N)NCCC(C)C)s1.I. The van der Waals surface area contributed by atoms with Gasteiger partial charge in [0.1, 0.15) is 0 Å². The third-order valence-corrected chi connectivity index (χ3v) is 3.21. The van der Waals surface area contributed by atoms with Crippen LogP contribution < -0.4 is 11.1 Å². The van der Waals surface area contributed by atoms with Gasteiger partial charge in [-0.3, -0.25) is 0 Å². The number of hydrogen-bond acceptors (Lipinski definition) is 2. The lowest BCUT2D eigenvalue weighted by Crippen LogP contribution is -2.32. The van der Waals surface area contributed by atoms with Crippen LogP contribution in [-0.2, 0) is 6.54 Å². The molecule has 0 saturated carbocycles. The van der Waals surface area contributed by atoms with Gasteiger partial charge in [-0.2, -0.15) is 0 Å². The molecule has 0 radical (unpaired) electrons. The molecule has 3 N–H and O–H groups in total. The molecule has 5 heteroatoms. The molecule has 17 heavy (non-hydrogen) atoms. The standard InChI is InChI=1S/C12H21N3S.HI/c1-9(2)6-7-14-12(13)15-8-11-5-4-10(3)16-11;/h4-5,9H,6-8H2,1-3H3,(H3,13,14,15);1H. The Hall–Kier alpha value is -0.300. The van der Waals surface area contributed by atoms with E-state index in [0.29, 0.717) is 18.4 Å². The molecule has 0 bridgehead atoms. The zero-order valence-electron chi connectivity index (χ0n) is 10.7. The minimum absolute atomic E-state index is 0. The van der Waals surface area contributed by atoms with Gasteiger partial charge in [0.25, 0.3) is 0 Å². The van der Waals surface area contributed by atoms with Crippen molar-refractivity contribution in [3.8, 4) is 0 Å². The van der Waals surface area contributed by atoms with Crippen LogP contribution in [0.15, 0.2) is 17.1 Å². The summed E-state index contributed by atoms with van der Waals surface area (Å²) >= 11 is 1.77. The van der Waals surface area contributed by atoms with Crippen LogP contribution in [-0.4, -0.2) is 12.5 Å². The number of thiophene rings is 1. The fraction of sp³-hybridized carbons (Fsp3) is 0.583. The Morgan fingerprint density at radius 3 is 2.71 bits per heavy atom. The molecule has 0 fully saturated rings. The van der Waals surface area contributed by atoms with Crippen molar-refractivity contribution in [3.05, 3.63) is 21.9 Å². The molecule has 0 atom stereocenters. The van der Waals surface area contributed by atoms with Crippen LogP contribution in [0, 0.1) is 12.8 Å². The summed E-state index contributed by atoms with van der Waals surface area (Å²) in [4.78, 5) is 6.87. The Balaban J connectivity index is 0.00000256. The maximum atomic E-state index is 5.76. The molecule has 0 aliphatic carbocycles. The van der Waals surface area contributed by atoms with Gasteiger partial charge in [-0.1, -0.05) is 13.8 Å². The van der Waals surface area contributed by atoms with E-state index in [1.54, 1.807) is 11.3 Å². The first-order chi connectivity index (χ1) is 7.58. The minimum Gasteiger partial charge on any atom is -0.370 e. The predicted octanol–water partition coefficient (Wildman–Crippen LogP) is 3.12. The van der Waals surface area contributed by atoms with Crippen LogP contribution in [0.25, 0.3) is 0 Å². The first-order valence-corrected chi connectivity index (χ1v) is 6.48. The zero-order valence-corrected chi connectivity index (χ0v) is 13.8. The summed E-state index contributed by atoms with van der Waals surface area (Å²) in [5, 5.41) is 3.12. The maximum Gasteiger partial charge on any atom is 0.188 e. The molecule has 0 amide bonds. The molecule has 0 saturated heterocycles. The first-order valence-electron chi connectivity index (χ1n) is 5.67. The normalized spacial score (nSPS) is 11.4. The van der Waals surface area contributed by atoms with Crippen molar-refractivity contribution < 1.29 is 0 Å². The number of hydrogen-bond donors (Lipinski definition) is 2. The summed E-state index contributed by atoms with van der Waals surface area (Å²) < 4.78 is 0. The third-order valence-electron chi connectivity index (χ3n) is 2.23. The van der Waals surface area contributed by atoms with Crippen molar-refractivity contribution in [2.75, 3.05) is 6.54 Å². The second-order valence-electron chi connectivity index (χ2n) is 4.32. The van der Waals surface area contributed by atoms with E-state index < -0.39 is 0 Å². The van der Waals surface area contributed by atoms with Gasteiger partial charge in [0.15, 0.2) is 5.96 Å². The summed E-state index contributed by atoms with van der Waals surface area (Å²) in [6.07, 6.45) is 1.12. The highest BCUT2D eigenvalue weighted by Gasteiger charge is 1.97. The molecule has 0 aliphatic rings. The number of aryl methyl sites for hydroxylation is 1. The molecular formula is C12H22IN3S. The highest BCUT2D eigenvalue weighted by molar-refractivity contribution is 14.0. The summed E-state index contributed by atoms with van der Waals surface area (Å²) in [6, 6.07) is 4.21. The van der Waals surface area contributed by atoms with Gasteiger partial charge in [0.05, 0.1) is 6.54 Å². The zero-order chi connectivity index (χ0) is 12.0. The molecular weight excluding hydrogens is 345 g/mol. The van der Waals surface area contributed by atoms with Crippen LogP contribution in [0.1, 0.15) is 30.0 Å². The third kappa shape index (κ3) is 7.59. The molecule has 1 rings (SSSR count). The molecule has 0 unspecified atom stereocenters. The lowest BCUT2D eigenvalue weighted by Gasteiger charge is -2.06. The van der Waals surface area contributed by atoms with Gasteiger partial charge in [-0.05, 0) is 31.4 Å². The Bertz CT molecular complexity index is 347. The number of nitrogens with zero attached hydrogens (tertiary/aromatic N) is 1. The molecule has 3 nitrogen and oxygen atoms in total. The van der Waals surface area contributed by atoms with Crippen molar-refractivity contribution in [2.45, 2.75) is 33.7 Å². The highest BCUT2D eigenvalue weighted by atomic mass is 127. The van der Waals surface area contributed by atoms with Gasteiger partial charge in [0, 0.05) is 16.3 Å². The van der Waals surface area contributed by atoms with Crippen molar-refractivity contribution in [1.29, 1.82) is 0 Å². The predicted molar refractivity (Wildman–Crippen MR) is 87.3 cm³/mol. The molecule has 0 spiro atoms. The quantitative estimate of drug-likeness (QED) is 0.477. The van der Waals surface area contributed by atoms with E-state index in [2.05, 4.69) is 43.2 Å².